The Morgan fingerprint density at radius 3 is 2.92 bits per heavy atom. The van der Waals surface area contributed by atoms with Crippen molar-refractivity contribution in [2.75, 3.05) is 0 Å². The van der Waals surface area contributed by atoms with E-state index in [9.17, 15) is 0 Å². The van der Waals surface area contributed by atoms with Crippen LogP contribution < -0.4 is 0 Å². The maximum Gasteiger partial charge on any atom is 0.0478 e. The number of hydrogen-bond acceptors (Lipinski definition) is 1. The van der Waals surface area contributed by atoms with Crippen LogP contribution >= 0.6 is 11.6 Å². The van der Waals surface area contributed by atoms with Crippen LogP contribution in [-0.2, 0) is 5.88 Å². The Bertz CT molecular complexity index is 329. The molecule has 0 saturated carbocycles. The minimum atomic E-state index is 0.371. The number of rotatable bonds is 2. The second kappa shape index (κ2) is 4.00. The van der Waals surface area contributed by atoms with Gasteiger partial charge in [0.2, 0.25) is 0 Å². The summed E-state index contributed by atoms with van der Waals surface area (Å²) in [7, 11) is 0. The topological polar surface area (TPSA) is 48.8 Å². The molecule has 0 atom stereocenters. The third kappa shape index (κ3) is 1.91. The second-order valence-electron chi connectivity index (χ2n) is 2.46. The molecule has 3 nitrogen and oxygen atoms in total. The van der Waals surface area contributed by atoms with Gasteiger partial charge < -0.3 is 0 Å². The fourth-order valence-electron chi connectivity index (χ4n) is 0.967. The molecule has 0 N–H and O–H groups in total. The summed E-state index contributed by atoms with van der Waals surface area (Å²) in [5, 5.41) is 3.51. The first kappa shape index (κ1) is 8.91. The summed E-state index contributed by atoms with van der Waals surface area (Å²) < 4.78 is 0. The van der Waals surface area contributed by atoms with Crippen molar-refractivity contribution in [2.45, 2.75) is 12.8 Å². The van der Waals surface area contributed by atoms with Gasteiger partial charge in [-0.1, -0.05) is 28.9 Å². The average molecular weight is 182 g/mol. The first-order valence-electron chi connectivity index (χ1n) is 3.48. The highest BCUT2D eigenvalue weighted by Gasteiger charge is 1.98. The molecule has 0 saturated heterocycles. The number of benzene rings is 1. The van der Waals surface area contributed by atoms with Crippen LogP contribution in [-0.4, -0.2) is 0 Å². The van der Waals surface area contributed by atoms with E-state index in [2.05, 4.69) is 10.0 Å². The maximum absolute atomic E-state index is 8.22. The first-order chi connectivity index (χ1) is 5.77. The number of alkyl halides is 1. The van der Waals surface area contributed by atoms with Gasteiger partial charge in [0, 0.05) is 16.5 Å². The Morgan fingerprint density at radius 1 is 1.58 bits per heavy atom. The van der Waals surface area contributed by atoms with E-state index < -0.39 is 0 Å². The fraction of sp³-hybridized carbons (Fsp3) is 0.250. The van der Waals surface area contributed by atoms with Gasteiger partial charge >= 0.3 is 0 Å². The van der Waals surface area contributed by atoms with Gasteiger partial charge in [0.1, 0.15) is 0 Å². The second-order valence-corrected chi connectivity index (χ2v) is 2.72. The summed E-state index contributed by atoms with van der Waals surface area (Å²) in [5.41, 5.74) is 10.8. The highest BCUT2D eigenvalue weighted by Crippen LogP contribution is 2.22. The van der Waals surface area contributed by atoms with E-state index in [0.29, 0.717) is 11.6 Å². The summed E-state index contributed by atoms with van der Waals surface area (Å²) in [4.78, 5) is 2.71. The number of hydrogen-bond donors (Lipinski definition) is 0. The average Bonchev–Trinajstić information content (AvgIpc) is 2.08. The van der Waals surface area contributed by atoms with E-state index in [1.807, 2.05) is 19.1 Å². The molecular formula is C8H8ClN3. The summed E-state index contributed by atoms with van der Waals surface area (Å²) in [6.07, 6.45) is 0. The summed E-state index contributed by atoms with van der Waals surface area (Å²) >= 11 is 5.66. The summed E-state index contributed by atoms with van der Waals surface area (Å²) in [6, 6.07) is 5.57. The van der Waals surface area contributed by atoms with E-state index in [4.69, 9.17) is 17.1 Å². The zero-order chi connectivity index (χ0) is 8.97. The van der Waals surface area contributed by atoms with Crippen LogP contribution in [0, 0.1) is 6.92 Å². The van der Waals surface area contributed by atoms with Crippen molar-refractivity contribution in [1.82, 2.24) is 0 Å². The first-order valence-corrected chi connectivity index (χ1v) is 4.02. The zero-order valence-corrected chi connectivity index (χ0v) is 7.41. The highest BCUT2D eigenvalue weighted by molar-refractivity contribution is 6.17. The number of halogens is 1. The molecule has 0 amide bonds. The molecule has 0 bridgehead atoms. The van der Waals surface area contributed by atoms with Gasteiger partial charge in [-0.15, -0.1) is 11.6 Å². The zero-order valence-electron chi connectivity index (χ0n) is 6.66. The standard InChI is InChI=1S/C8H8ClN3/c1-6-2-3-8(11-12-10)7(4-6)5-9/h2-4H,5H2,1H3. The lowest BCUT2D eigenvalue weighted by Crippen LogP contribution is -1.80. The minimum Gasteiger partial charge on any atom is -0.122 e. The van der Waals surface area contributed by atoms with Crippen molar-refractivity contribution in [3.8, 4) is 0 Å². The number of nitrogens with zero attached hydrogens (tertiary/aromatic N) is 3. The molecule has 0 aliphatic heterocycles. The molecule has 0 spiro atoms. The molecule has 1 aromatic rings. The maximum atomic E-state index is 8.22. The van der Waals surface area contributed by atoms with Crippen molar-refractivity contribution in [2.24, 2.45) is 5.11 Å². The van der Waals surface area contributed by atoms with Crippen LogP contribution in [0.3, 0.4) is 0 Å². The predicted molar refractivity (Wildman–Crippen MR) is 49.5 cm³/mol. The molecule has 0 aliphatic rings. The van der Waals surface area contributed by atoms with E-state index in [1.54, 1.807) is 6.07 Å². The van der Waals surface area contributed by atoms with Crippen molar-refractivity contribution in [3.63, 3.8) is 0 Å². The van der Waals surface area contributed by atoms with E-state index in [1.165, 1.54) is 0 Å². The van der Waals surface area contributed by atoms with Gasteiger partial charge in [0.05, 0.1) is 0 Å². The lowest BCUT2D eigenvalue weighted by Gasteiger charge is -2.01. The van der Waals surface area contributed by atoms with Gasteiger partial charge in [0.15, 0.2) is 0 Å². The molecule has 0 aliphatic carbocycles. The van der Waals surface area contributed by atoms with Gasteiger partial charge in [-0.25, -0.2) is 0 Å². The van der Waals surface area contributed by atoms with Crippen LogP contribution in [0.5, 0.6) is 0 Å². The third-order valence-electron chi connectivity index (χ3n) is 1.53. The van der Waals surface area contributed by atoms with E-state index in [0.717, 1.165) is 11.1 Å². The van der Waals surface area contributed by atoms with Gasteiger partial charge in [-0.2, -0.15) is 0 Å². The third-order valence-corrected chi connectivity index (χ3v) is 1.82. The van der Waals surface area contributed by atoms with Crippen LogP contribution in [0.2, 0.25) is 0 Å². The Labute approximate surface area is 75.6 Å². The molecule has 1 aromatic carbocycles. The molecule has 0 radical (unpaired) electrons. The van der Waals surface area contributed by atoms with E-state index in [-0.39, 0.29) is 0 Å². The molecular weight excluding hydrogens is 174 g/mol. The largest absolute Gasteiger partial charge is 0.122 e. The molecule has 62 valence electrons. The molecule has 0 unspecified atom stereocenters. The fourth-order valence-corrected chi connectivity index (χ4v) is 1.18. The van der Waals surface area contributed by atoms with Crippen molar-refractivity contribution in [1.29, 1.82) is 0 Å². The van der Waals surface area contributed by atoms with Gasteiger partial charge in [-0.3, -0.25) is 0 Å². The lowest BCUT2D eigenvalue weighted by molar-refractivity contribution is 1.30. The number of aryl methyl sites for hydroxylation is 1. The monoisotopic (exact) mass is 181 g/mol. The Kier molecular flexibility index (Phi) is 2.97. The summed E-state index contributed by atoms with van der Waals surface area (Å²) in [5.74, 6) is 0.371. The van der Waals surface area contributed by atoms with Gasteiger partial charge in [0.25, 0.3) is 0 Å². The van der Waals surface area contributed by atoms with E-state index >= 15 is 0 Å². The smallest absolute Gasteiger partial charge is 0.0478 e. The lowest BCUT2D eigenvalue weighted by atomic mass is 10.1. The molecule has 0 aromatic heterocycles. The normalized spacial score (nSPS) is 9.17. The molecule has 0 heterocycles. The van der Waals surface area contributed by atoms with Crippen LogP contribution in [0.4, 0.5) is 5.69 Å². The van der Waals surface area contributed by atoms with Gasteiger partial charge in [-0.05, 0) is 18.0 Å². The van der Waals surface area contributed by atoms with Crippen LogP contribution in [0.15, 0.2) is 23.3 Å². The Morgan fingerprint density at radius 2 is 2.33 bits per heavy atom. The van der Waals surface area contributed by atoms with Crippen LogP contribution in [0.1, 0.15) is 11.1 Å². The molecule has 1 rings (SSSR count). The quantitative estimate of drug-likeness (QED) is 0.289. The number of azide groups is 1. The van der Waals surface area contributed by atoms with Crippen molar-refractivity contribution >= 4 is 17.3 Å². The minimum absolute atomic E-state index is 0.371. The molecule has 12 heavy (non-hydrogen) atoms. The molecule has 4 heteroatoms. The SMILES string of the molecule is Cc1ccc(N=[N+]=[N-])c(CCl)c1. The predicted octanol–water partition coefficient (Wildman–Crippen LogP) is 3.68. The highest BCUT2D eigenvalue weighted by atomic mass is 35.5. The Balaban J connectivity index is 3.19. The van der Waals surface area contributed by atoms with Crippen molar-refractivity contribution in [3.05, 3.63) is 39.8 Å². The summed E-state index contributed by atoms with van der Waals surface area (Å²) in [6.45, 7) is 1.97. The Hall–Kier alpha value is -1.18. The van der Waals surface area contributed by atoms with Crippen molar-refractivity contribution < 1.29 is 0 Å². The molecule has 0 fully saturated rings. The van der Waals surface area contributed by atoms with Crippen LogP contribution in [0.25, 0.3) is 10.4 Å².